The largest absolute Gasteiger partial charge is 0.491 e. The van der Waals surface area contributed by atoms with Crippen LogP contribution >= 0.6 is 0 Å². The van der Waals surface area contributed by atoms with Gasteiger partial charge in [0, 0.05) is 25.1 Å². The van der Waals surface area contributed by atoms with Gasteiger partial charge in [-0.05, 0) is 50.1 Å². The Balaban J connectivity index is 1.55. The zero-order valence-corrected chi connectivity index (χ0v) is 19.3. The van der Waals surface area contributed by atoms with E-state index in [2.05, 4.69) is 40.7 Å². The molecule has 0 radical (unpaired) electrons. The van der Waals surface area contributed by atoms with E-state index in [4.69, 9.17) is 14.2 Å². The van der Waals surface area contributed by atoms with Crippen molar-refractivity contribution in [2.45, 2.75) is 45.9 Å². The number of hydrogen-bond acceptors (Lipinski definition) is 5. The van der Waals surface area contributed by atoms with Crippen LogP contribution in [-0.2, 0) is 11.3 Å². The van der Waals surface area contributed by atoms with Gasteiger partial charge < -0.3 is 30.0 Å². The minimum atomic E-state index is -0.667. The van der Waals surface area contributed by atoms with Crippen LogP contribution in [0.1, 0.15) is 30.0 Å². The molecule has 0 spiro atoms. The Hall–Kier alpha value is -2.77. The standard InChI is InChI=1S/C25H35N3O4/c1-4-26-25(28-15-21(29)16-31-22-7-5-6-18(2)12-22)27-14-20-9-8-19(3)13-24(20)32-23-10-11-30-17-23/h5-9,12-13,21,23,29H,4,10-11,14-17H2,1-3H3,(H2,26,27,28). The van der Waals surface area contributed by atoms with Crippen molar-refractivity contribution < 1.29 is 19.3 Å². The maximum atomic E-state index is 10.3. The molecule has 0 aromatic heterocycles. The Kier molecular flexibility index (Phi) is 9.19. The number of hydrogen-bond donors (Lipinski definition) is 3. The van der Waals surface area contributed by atoms with Crippen LogP contribution in [0, 0.1) is 13.8 Å². The molecule has 7 nitrogen and oxygen atoms in total. The van der Waals surface area contributed by atoms with Crippen molar-refractivity contribution in [3.8, 4) is 11.5 Å². The van der Waals surface area contributed by atoms with Gasteiger partial charge in [-0.25, -0.2) is 4.99 Å². The number of aryl methyl sites for hydroxylation is 2. The first-order valence-electron chi connectivity index (χ1n) is 11.3. The SMILES string of the molecule is CCNC(=NCc1ccc(C)cc1OC1CCOC1)NCC(O)COc1cccc(C)c1. The molecule has 174 valence electrons. The van der Waals surface area contributed by atoms with Gasteiger partial charge in [0.1, 0.15) is 30.3 Å². The number of aliphatic hydroxyl groups excluding tert-OH is 1. The Bertz CT molecular complexity index is 881. The lowest BCUT2D eigenvalue weighted by Crippen LogP contribution is -2.42. The molecule has 1 saturated heterocycles. The third kappa shape index (κ3) is 7.73. The number of aliphatic hydroxyl groups is 1. The van der Waals surface area contributed by atoms with Crippen molar-refractivity contribution in [2.24, 2.45) is 4.99 Å². The molecular weight excluding hydrogens is 406 g/mol. The normalized spacial score (nSPS) is 17.1. The maximum Gasteiger partial charge on any atom is 0.191 e. The number of nitrogens with zero attached hydrogens (tertiary/aromatic N) is 1. The van der Waals surface area contributed by atoms with E-state index in [0.717, 1.165) is 47.8 Å². The van der Waals surface area contributed by atoms with Crippen LogP contribution in [0.4, 0.5) is 0 Å². The number of guanidine groups is 1. The van der Waals surface area contributed by atoms with E-state index in [-0.39, 0.29) is 12.7 Å². The van der Waals surface area contributed by atoms with Gasteiger partial charge in [-0.3, -0.25) is 0 Å². The Morgan fingerprint density at radius 3 is 2.78 bits per heavy atom. The third-order valence-electron chi connectivity index (χ3n) is 5.09. The minimum absolute atomic E-state index is 0.0921. The smallest absolute Gasteiger partial charge is 0.191 e. The van der Waals surface area contributed by atoms with E-state index in [1.165, 1.54) is 0 Å². The van der Waals surface area contributed by atoms with Gasteiger partial charge in [-0.1, -0.05) is 24.3 Å². The molecule has 7 heteroatoms. The van der Waals surface area contributed by atoms with Crippen molar-refractivity contribution in [3.63, 3.8) is 0 Å². The van der Waals surface area contributed by atoms with E-state index < -0.39 is 6.10 Å². The minimum Gasteiger partial charge on any atom is -0.491 e. The molecule has 2 unspecified atom stereocenters. The van der Waals surface area contributed by atoms with Crippen molar-refractivity contribution in [1.82, 2.24) is 10.6 Å². The van der Waals surface area contributed by atoms with Crippen LogP contribution in [0.2, 0.25) is 0 Å². The molecule has 1 heterocycles. The Morgan fingerprint density at radius 1 is 1.19 bits per heavy atom. The van der Waals surface area contributed by atoms with Gasteiger partial charge in [0.15, 0.2) is 5.96 Å². The molecule has 32 heavy (non-hydrogen) atoms. The predicted molar refractivity (Wildman–Crippen MR) is 127 cm³/mol. The van der Waals surface area contributed by atoms with Gasteiger partial charge in [-0.15, -0.1) is 0 Å². The van der Waals surface area contributed by atoms with Gasteiger partial charge in [0.25, 0.3) is 0 Å². The monoisotopic (exact) mass is 441 g/mol. The van der Waals surface area contributed by atoms with E-state index in [0.29, 0.717) is 25.7 Å². The summed E-state index contributed by atoms with van der Waals surface area (Å²) in [7, 11) is 0. The summed E-state index contributed by atoms with van der Waals surface area (Å²) in [6.07, 6.45) is 0.332. The van der Waals surface area contributed by atoms with Crippen LogP contribution in [-0.4, -0.2) is 56.2 Å². The van der Waals surface area contributed by atoms with Crippen molar-refractivity contribution in [2.75, 3.05) is 32.9 Å². The second-order valence-corrected chi connectivity index (χ2v) is 8.07. The summed E-state index contributed by atoms with van der Waals surface area (Å²) in [4.78, 5) is 4.68. The highest BCUT2D eigenvalue weighted by atomic mass is 16.5. The van der Waals surface area contributed by atoms with Crippen molar-refractivity contribution in [1.29, 1.82) is 0 Å². The van der Waals surface area contributed by atoms with Crippen LogP contribution in [0.5, 0.6) is 11.5 Å². The molecule has 1 aliphatic rings. The summed E-state index contributed by atoms with van der Waals surface area (Å²) in [6.45, 7) is 9.16. The van der Waals surface area contributed by atoms with Crippen molar-refractivity contribution in [3.05, 3.63) is 59.2 Å². The number of rotatable bonds is 10. The zero-order valence-electron chi connectivity index (χ0n) is 19.3. The summed E-state index contributed by atoms with van der Waals surface area (Å²) in [6, 6.07) is 14.0. The van der Waals surface area contributed by atoms with E-state index in [1.54, 1.807) is 0 Å². The number of benzene rings is 2. The fourth-order valence-electron chi connectivity index (χ4n) is 3.36. The molecule has 0 bridgehead atoms. The molecule has 0 saturated carbocycles. The zero-order chi connectivity index (χ0) is 22.8. The lowest BCUT2D eigenvalue weighted by atomic mass is 10.1. The fraction of sp³-hybridized carbons (Fsp3) is 0.480. The lowest BCUT2D eigenvalue weighted by Gasteiger charge is -2.17. The summed E-state index contributed by atoms with van der Waals surface area (Å²) in [5, 5.41) is 16.7. The molecule has 3 N–H and O–H groups in total. The van der Waals surface area contributed by atoms with Gasteiger partial charge >= 0.3 is 0 Å². The Labute approximate surface area is 190 Å². The first-order valence-corrected chi connectivity index (χ1v) is 11.3. The third-order valence-corrected chi connectivity index (χ3v) is 5.09. The first-order chi connectivity index (χ1) is 15.5. The molecule has 1 aliphatic heterocycles. The summed E-state index contributed by atoms with van der Waals surface area (Å²) < 4.78 is 17.3. The number of aliphatic imine (C=N–C) groups is 1. The highest BCUT2D eigenvalue weighted by Gasteiger charge is 2.18. The number of ether oxygens (including phenoxy) is 3. The molecule has 0 amide bonds. The molecule has 1 fully saturated rings. The van der Waals surface area contributed by atoms with Crippen LogP contribution in [0.25, 0.3) is 0 Å². The highest BCUT2D eigenvalue weighted by molar-refractivity contribution is 5.79. The van der Waals surface area contributed by atoms with Crippen molar-refractivity contribution >= 4 is 5.96 Å². The highest BCUT2D eigenvalue weighted by Crippen LogP contribution is 2.24. The van der Waals surface area contributed by atoms with E-state index in [9.17, 15) is 5.11 Å². The molecule has 2 aromatic rings. The van der Waals surface area contributed by atoms with Crippen LogP contribution < -0.4 is 20.1 Å². The second kappa shape index (κ2) is 12.3. The fourth-order valence-corrected chi connectivity index (χ4v) is 3.36. The van der Waals surface area contributed by atoms with Crippen LogP contribution in [0.15, 0.2) is 47.5 Å². The summed E-state index contributed by atoms with van der Waals surface area (Å²) in [5.41, 5.74) is 3.29. The van der Waals surface area contributed by atoms with Crippen LogP contribution in [0.3, 0.4) is 0 Å². The predicted octanol–water partition coefficient (Wildman–Crippen LogP) is 2.97. The summed E-state index contributed by atoms with van der Waals surface area (Å²) in [5.74, 6) is 2.24. The van der Waals surface area contributed by atoms with E-state index >= 15 is 0 Å². The lowest BCUT2D eigenvalue weighted by molar-refractivity contribution is 0.110. The van der Waals surface area contributed by atoms with Gasteiger partial charge in [-0.2, -0.15) is 0 Å². The average molecular weight is 442 g/mol. The second-order valence-electron chi connectivity index (χ2n) is 8.07. The average Bonchev–Trinajstić information content (AvgIpc) is 3.28. The number of nitrogens with one attached hydrogen (secondary N) is 2. The molecule has 3 rings (SSSR count). The quantitative estimate of drug-likeness (QED) is 0.388. The Morgan fingerprint density at radius 2 is 2.03 bits per heavy atom. The van der Waals surface area contributed by atoms with E-state index in [1.807, 2.05) is 38.1 Å². The molecule has 0 aliphatic carbocycles. The maximum absolute atomic E-state index is 10.3. The topological polar surface area (TPSA) is 84.3 Å². The summed E-state index contributed by atoms with van der Waals surface area (Å²) >= 11 is 0. The molecule has 2 aromatic carbocycles. The molecule has 2 atom stereocenters. The van der Waals surface area contributed by atoms with Gasteiger partial charge in [0.05, 0.1) is 19.8 Å². The molecular formula is C25H35N3O4. The van der Waals surface area contributed by atoms with Gasteiger partial charge in [0.2, 0.25) is 0 Å². The first kappa shape index (κ1) is 23.9.